The predicted octanol–water partition coefficient (Wildman–Crippen LogP) is 4.85. The number of carbonyl (C=O) groups is 1. The van der Waals surface area contributed by atoms with Gasteiger partial charge in [0.1, 0.15) is 24.1 Å². The quantitative estimate of drug-likeness (QED) is 0.211. The lowest BCUT2D eigenvalue weighted by molar-refractivity contribution is 0.0664. The van der Waals surface area contributed by atoms with E-state index in [0.29, 0.717) is 35.4 Å². The number of aromatic nitrogens is 3. The molecule has 2 fully saturated rings. The number of fused-ring (bicyclic) bond motifs is 1. The molecule has 0 amide bonds. The second kappa shape index (κ2) is 11.9. The van der Waals surface area contributed by atoms with Crippen molar-refractivity contribution in [3.63, 3.8) is 0 Å². The zero-order valence-electron chi connectivity index (χ0n) is 22.1. The molecule has 3 atom stereocenters. The minimum absolute atomic E-state index is 0.0790. The number of nitrogens with one attached hydrogen (secondary N) is 1. The summed E-state index contributed by atoms with van der Waals surface area (Å²) in [5, 5.41) is 8.90. The average Bonchev–Trinajstić information content (AvgIpc) is 3.73. The van der Waals surface area contributed by atoms with Crippen molar-refractivity contribution >= 4 is 41.0 Å². The molecule has 3 aliphatic rings. The average molecular weight is 567 g/mol. The largest absolute Gasteiger partial charge is 0.367 e. The van der Waals surface area contributed by atoms with Gasteiger partial charge < -0.3 is 19.1 Å². The van der Waals surface area contributed by atoms with E-state index in [1.54, 1.807) is 6.20 Å². The van der Waals surface area contributed by atoms with E-state index in [1.807, 2.05) is 6.07 Å². The molecule has 3 aromatic rings. The van der Waals surface area contributed by atoms with Crippen LogP contribution in [0.5, 0.6) is 0 Å². The van der Waals surface area contributed by atoms with Crippen LogP contribution < -0.4 is 15.4 Å². The Bertz CT molecular complexity index is 1330. The molecular weight excluding hydrogens is 532 g/mol. The molecule has 1 aliphatic carbocycles. The monoisotopic (exact) mass is 566 g/mol. The number of anilines is 2. The second-order valence-corrected chi connectivity index (χ2v) is 12.2. The number of carbonyl (C=O) groups excluding carboxylic acids is 1. The zero-order valence-corrected chi connectivity index (χ0v) is 23.7. The van der Waals surface area contributed by atoms with Crippen LogP contribution in [0.15, 0.2) is 30.7 Å². The highest BCUT2D eigenvalue weighted by molar-refractivity contribution is 7.92. The molecule has 3 N–H and O–H groups in total. The lowest BCUT2D eigenvalue weighted by Crippen LogP contribution is -2.23. The van der Waals surface area contributed by atoms with Crippen molar-refractivity contribution in [1.82, 2.24) is 15.0 Å². The van der Waals surface area contributed by atoms with Gasteiger partial charge in [-0.05, 0) is 69.1 Å². The SMILES string of the molecule is Cc1sc(C(=O)c2cncnc2NC2CCC(COSN)C2)cc1C1OCCc2ccc(N3CCCC3)nc21. The summed E-state index contributed by atoms with van der Waals surface area (Å²) in [5.41, 5.74) is 3.70. The van der Waals surface area contributed by atoms with Gasteiger partial charge in [0.25, 0.3) is 0 Å². The lowest BCUT2D eigenvalue weighted by Gasteiger charge is -2.27. The molecule has 9 nitrogen and oxygen atoms in total. The Hall–Kier alpha value is -2.57. The van der Waals surface area contributed by atoms with Gasteiger partial charge in [-0.3, -0.25) is 9.93 Å². The lowest BCUT2D eigenvalue weighted by atomic mass is 9.97. The van der Waals surface area contributed by atoms with E-state index in [1.165, 1.54) is 36.1 Å². The van der Waals surface area contributed by atoms with Gasteiger partial charge >= 0.3 is 0 Å². The Balaban J connectivity index is 1.23. The van der Waals surface area contributed by atoms with Gasteiger partial charge in [0.15, 0.2) is 0 Å². The van der Waals surface area contributed by atoms with Gasteiger partial charge in [0.2, 0.25) is 5.78 Å². The molecule has 1 saturated heterocycles. The molecule has 39 heavy (non-hydrogen) atoms. The number of thiophene rings is 1. The highest BCUT2D eigenvalue weighted by Gasteiger charge is 2.31. The van der Waals surface area contributed by atoms with Crippen molar-refractivity contribution in [2.24, 2.45) is 11.1 Å². The van der Waals surface area contributed by atoms with Crippen molar-refractivity contribution in [3.05, 3.63) is 62.9 Å². The molecule has 6 rings (SSSR count). The minimum Gasteiger partial charge on any atom is -0.367 e. The first-order chi connectivity index (χ1) is 19.1. The Kier molecular flexibility index (Phi) is 8.12. The van der Waals surface area contributed by atoms with Gasteiger partial charge in [-0.25, -0.2) is 15.0 Å². The van der Waals surface area contributed by atoms with Gasteiger partial charge in [-0.2, -0.15) is 0 Å². The smallest absolute Gasteiger partial charge is 0.208 e. The number of nitrogens with two attached hydrogens (primary N) is 1. The van der Waals surface area contributed by atoms with Crippen molar-refractivity contribution in [1.29, 1.82) is 0 Å². The van der Waals surface area contributed by atoms with E-state index >= 15 is 0 Å². The first-order valence-corrected chi connectivity index (χ1v) is 15.3. The first kappa shape index (κ1) is 26.6. The van der Waals surface area contributed by atoms with Gasteiger partial charge in [0, 0.05) is 35.8 Å². The van der Waals surface area contributed by atoms with Crippen LogP contribution in [0.1, 0.15) is 75.1 Å². The number of rotatable bonds is 9. The third-order valence-corrected chi connectivity index (χ3v) is 9.34. The van der Waals surface area contributed by atoms with E-state index in [9.17, 15) is 4.79 Å². The van der Waals surface area contributed by atoms with Gasteiger partial charge in [-0.15, -0.1) is 11.3 Å². The summed E-state index contributed by atoms with van der Waals surface area (Å²) >= 11 is 2.41. The molecule has 5 heterocycles. The Morgan fingerprint density at radius 1 is 1.31 bits per heavy atom. The number of aryl methyl sites for hydroxylation is 1. The number of hydrogen-bond acceptors (Lipinski definition) is 11. The number of pyridine rings is 1. The van der Waals surface area contributed by atoms with E-state index in [2.05, 4.69) is 39.2 Å². The van der Waals surface area contributed by atoms with Crippen LogP contribution in [0.2, 0.25) is 0 Å². The van der Waals surface area contributed by atoms with Crippen LogP contribution in [0.25, 0.3) is 0 Å². The van der Waals surface area contributed by atoms with Crippen LogP contribution in [0.4, 0.5) is 11.6 Å². The number of nitrogens with zero attached hydrogens (tertiary/aromatic N) is 4. The summed E-state index contributed by atoms with van der Waals surface area (Å²) in [5.74, 6) is 1.97. The fraction of sp³-hybridized carbons (Fsp3) is 0.500. The molecule has 2 aliphatic heterocycles. The predicted molar refractivity (Wildman–Crippen MR) is 154 cm³/mol. The van der Waals surface area contributed by atoms with Crippen molar-refractivity contribution in [2.75, 3.05) is 36.5 Å². The Labute approximate surface area is 237 Å². The summed E-state index contributed by atoms with van der Waals surface area (Å²) < 4.78 is 11.6. The van der Waals surface area contributed by atoms with Crippen molar-refractivity contribution in [3.8, 4) is 0 Å². The molecule has 0 radical (unpaired) electrons. The van der Waals surface area contributed by atoms with E-state index < -0.39 is 0 Å². The molecule has 3 aromatic heterocycles. The summed E-state index contributed by atoms with van der Waals surface area (Å²) in [7, 11) is 0. The summed E-state index contributed by atoms with van der Waals surface area (Å²) in [6.07, 6.45) is 9.08. The topological polar surface area (TPSA) is 115 Å². The molecule has 0 spiro atoms. The number of ether oxygens (including phenoxy) is 1. The van der Waals surface area contributed by atoms with E-state index in [4.69, 9.17) is 19.0 Å². The zero-order chi connectivity index (χ0) is 26.8. The fourth-order valence-corrected chi connectivity index (χ4v) is 7.23. The molecule has 206 valence electrons. The third kappa shape index (κ3) is 5.69. The second-order valence-electron chi connectivity index (χ2n) is 10.5. The van der Waals surface area contributed by atoms with Gasteiger partial charge in [0.05, 0.1) is 41.6 Å². The molecule has 3 unspecified atom stereocenters. The van der Waals surface area contributed by atoms with E-state index in [0.717, 1.165) is 73.0 Å². The maximum absolute atomic E-state index is 13.8. The number of ketones is 1. The standard InChI is InChI=1S/C28H34N6O3S2/c1-17-21(27-25-19(8-11-36-27)5-7-24(33-25)34-9-2-3-10-34)13-23(38-17)26(35)22-14-30-16-31-28(22)32-20-6-4-18(12-20)15-37-39-29/h5,7,13-14,16,18,20,27H,2-4,6,8-12,15,29H2,1H3,(H,30,31,32). The van der Waals surface area contributed by atoms with Crippen molar-refractivity contribution < 1.29 is 13.7 Å². The van der Waals surface area contributed by atoms with Crippen LogP contribution >= 0.6 is 23.6 Å². The molecule has 11 heteroatoms. The molecule has 0 aromatic carbocycles. The Morgan fingerprint density at radius 3 is 3.03 bits per heavy atom. The molecular formula is C28H34N6O3S2. The van der Waals surface area contributed by atoms with E-state index in [-0.39, 0.29) is 17.9 Å². The minimum atomic E-state index is -0.275. The van der Waals surface area contributed by atoms with Crippen LogP contribution in [-0.2, 0) is 15.3 Å². The summed E-state index contributed by atoms with van der Waals surface area (Å²) in [6.45, 7) is 5.42. The first-order valence-electron chi connectivity index (χ1n) is 13.7. The maximum Gasteiger partial charge on any atom is 0.208 e. The molecule has 0 bridgehead atoms. The van der Waals surface area contributed by atoms with Gasteiger partial charge in [-0.1, -0.05) is 6.07 Å². The highest BCUT2D eigenvalue weighted by Crippen LogP contribution is 2.39. The summed E-state index contributed by atoms with van der Waals surface area (Å²) in [4.78, 5) is 31.5. The van der Waals surface area contributed by atoms with Crippen LogP contribution in [-0.4, -0.2) is 53.1 Å². The number of hydrogen-bond donors (Lipinski definition) is 2. The Morgan fingerprint density at radius 2 is 2.18 bits per heavy atom. The highest BCUT2D eigenvalue weighted by atomic mass is 32.2. The third-order valence-electron chi connectivity index (χ3n) is 8.01. The van der Waals surface area contributed by atoms with Crippen LogP contribution in [0.3, 0.4) is 0 Å². The fourth-order valence-electron chi connectivity index (χ4n) is 5.95. The normalized spacial score (nSPS) is 22.7. The van der Waals surface area contributed by atoms with Crippen molar-refractivity contribution in [2.45, 2.75) is 57.6 Å². The maximum atomic E-state index is 13.8. The molecule has 1 saturated carbocycles. The summed E-state index contributed by atoms with van der Waals surface area (Å²) in [6, 6.07) is 6.55. The van der Waals surface area contributed by atoms with Crippen LogP contribution in [0, 0.1) is 12.8 Å².